The zero-order valence-electron chi connectivity index (χ0n) is 16.4. The second-order valence-electron chi connectivity index (χ2n) is 7.62. The summed E-state index contributed by atoms with van der Waals surface area (Å²) in [6, 6.07) is 18.0. The van der Waals surface area contributed by atoms with E-state index in [1.165, 1.54) is 0 Å². The fourth-order valence-electron chi connectivity index (χ4n) is 4.27. The molecule has 0 unspecified atom stereocenters. The van der Waals surface area contributed by atoms with E-state index in [0.29, 0.717) is 12.1 Å². The predicted molar refractivity (Wildman–Crippen MR) is 112 cm³/mol. The highest BCUT2D eigenvalue weighted by molar-refractivity contribution is 5.94. The van der Waals surface area contributed by atoms with Gasteiger partial charge in [-0.1, -0.05) is 42.5 Å². The molecule has 0 spiro atoms. The van der Waals surface area contributed by atoms with Crippen LogP contribution in [0.15, 0.2) is 54.6 Å². The summed E-state index contributed by atoms with van der Waals surface area (Å²) >= 11 is 0. The number of rotatable bonds is 5. The number of benzene rings is 2. The molecule has 1 aliphatic rings. The fourth-order valence-corrected chi connectivity index (χ4v) is 4.27. The molecular weight excluding hydrogens is 362 g/mol. The highest BCUT2D eigenvalue weighted by Crippen LogP contribution is 2.25. The number of fused-ring (bicyclic) bond motifs is 2. The molecule has 1 atom stereocenters. The number of carbonyl (C=O) groups is 1. The van der Waals surface area contributed by atoms with E-state index in [4.69, 9.17) is 4.98 Å². The maximum atomic E-state index is 13.1. The molecule has 0 aliphatic heterocycles. The molecule has 6 heteroatoms. The number of aryl methyl sites for hydroxylation is 2. The van der Waals surface area contributed by atoms with E-state index in [1.54, 1.807) is 0 Å². The molecule has 2 N–H and O–H groups in total. The Balaban J connectivity index is 1.51. The maximum Gasteiger partial charge on any atom is 0.272 e. The van der Waals surface area contributed by atoms with E-state index in [9.17, 15) is 4.79 Å². The standard InChI is InChI=1S/C23H23N5O/c1-28-20-13-6-5-11-18(20)24-22(28)19(14-15-8-3-2-4-9-15)25-23(29)21-16-10-7-12-17(16)26-27-21/h2-6,8-9,11,13,19H,7,10,12,14H2,1H3,(H,25,29)(H,26,27)/t19-/m0/s1. The molecule has 0 fully saturated rings. The van der Waals surface area contributed by atoms with Crippen LogP contribution in [0.1, 0.15) is 45.6 Å². The van der Waals surface area contributed by atoms with Gasteiger partial charge in [0.05, 0.1) is 17.1 Å². The van der Waals surface area contributed by atoms with Crippen molar-refractivity contribution in [2.45, 2.75) is 31.7 Å². The first-order valence-corrected chi connectivity index (χ1v) is 10.0. The van der Waals surface area contributed by atoms with Gasteiger partial charge in [0, 0.05) is 18.3 Å². The molecule has 5 rings (SSSR count). The Kier molecular flexibility index (Phi) is 4.39. The lowest BCUT2D eigenvalue weighted by Crippen LogP contribution is -2.32. The average molecular weight is 385 g/mol. The van der Waals surface area contributed by atoms with Crippen molar-refractivity contribution in [2.24, 2.45) is 7.05 Å². The first-order chi connectivity index (χ1) is 14.2. The normalized spacial score (nSPS) is 14.1. The van der Waals surface area contributed by atoms with Crippen LogP contribution in [0.2, 0.25) is 0 Å². The number of hydrogen-bond acceptors (Lipinski definition) is 3. The van der Waals surface area contributed by atoms with Crippen LogP contribution in [-0.2, 0) is 26.3 Å². The van der Waals surface area contributed by atoms with E-state index in [-0.39, 0.29) is 11.9 Å². The Hall–Kier alpha value is -3.41. The Morgan fingerprint density at radius 1 is 1.14 bits per heavy atom. The minimum atomic E-state index is -0.254. The van der Waals surface area contributed by atoms with Crippen LogP contribution >= 0.6 is 0 Å². The van der Waals surface area contributed by atoms with E-state index in [1.807, 2.05) is 49.5 Å². The summed E-state index contributed by atoms with van der Waals surface area (Å²) in [5, 5.41) is 10.5. The first kappa shape index (κ1) is 17.7. The number of hydrogen-bond donors (Lipinski definition) is 2. The Morgan fingerprint density at radius 2 is 1.93 bits per heavy atom. The van der Waals surface area contributed by atoms with Crippen LogP contribution in [0.5, 0.6) is 0 Å². The van der Waals surface area contributed by atoms with Crippen molar-refractivity contribution >= 4 is 16.9 Å². The summed E-state index contributed by atoms with van der Waals surface area (Å²) in [6.45, 7) is 0. The largest absolute Gasteiger partial charge is 0.340 e. The van der Waals surface area contributed by atoms with Gasteiger partial charge in [0.15, 0.2) is 5.69 Å². The molecule has 6 nitrogen and oxygen atoms in total. The lowest BCUT2D eigenvalue weighted by atomic mass is 10.0. The van der Waals surface area contributed by atoms with Gasteiger partial charge in [-0.15, -0.1) is 0 Å². The van der Waals surface area contributed by atoms with Crippen molar-refractivity contribution in [3.05, 3.63) is 82.9 Å². The molecule has 29 heavy (non-hydrogen) atoms. The smallest absolute Gasteiger partial charge is 0.272 e. The molecule has 0 bridgehead atoms. The molecule has 0 radical (unpaired) electrons. The number of H-pyrrole nitrogens is 1. The number of aromatic nitrogens is 4. The van der Waals surface area contributed by atoms with Crippen molar-refractivity contribution in [3.8, 4) is 0 Å². The summed E-state index contributed by atoms with van der Waals surface area (Å²) in [5.41, 5.74) is 5.81. The quantitative estimate of drug-likeness (QED) is 0.552. The molecule has 146 valence electrons. The third-order valence-electron chi connectivity index (χ3n) is 5.74. The summed E-state index contributed by atoms with van der Waals surface area (Å²) in [7, 11) is 2.00. The van der Waals surface area contributed by atoms with Gasteiger partial charge in [-0.05, 0) is 43.4 Å². The maximum absolute atomic E-state index is 13.1. The van der Waals surface area contributed by atoms with Crippen LogP contribution in [0, 0.1) is 0 Å². The van der Waals surface area contributed by atoms with Crippen molar-refractivity contribution in [3.63, 3.8) is 0 Å². The second-order valence-corrected chi connectivity index (χ2v) is 7.62. The topological polar surface area (TPSA) is 75.6 Å². The molecule has 0 saturated carbocycles. The molecular formula is C23H23N5O. The fraction of sp³-hybridized carbons (Fsp3) is 0.261. The van der Waals surface area contributed by atoms with E-state index >= 15 is 0 Å². The zero-order valence-corrected chi connectivity index (χ0v) is 16.4. The summed E-state index contributed by atoms with van der Waals surface area (Å²) < 4.78 is 2.07. The lowest BCUT2D eigenvalue weighted by Gasteiger charge is -2.19. The molecule has 4 aromatic rings. The predicted octanol–water partition coefficient (Wildman–Crippen LogP) is 3.50. The van der Waals surface area contributed by atoms with Crippen LogP contribution in [0.4, 0.5) is 0 Å². The number of carbonyl (C=O) groups excluding carboxylic acids is 1. The van der Waals surface area contributed by atoms with E-state index in [2.05, 4.69) is 32.2 Å². The Labute approximate surface area is 169 Å². The molecule has 1 amide bonds. The molecule has 2 heterocycles. The zero-order chi connectivity index (χ0) is 19.8. The van der Waals surface area contributed by atoms with Gasteiger partial charge in [0.2, 0.25) is 0 Å². The number of para-hydroxylation sites is 2. The van der Waals surface area contributed by atoms with Crippen LogP contribution in [0.25, 0.3) is 11.0 Å². The minimum absolute atomic E-state index is 0.141. The lowest BCUT2D eigenvalue weighted by molar-refractivity contribution is 0.0928. The summed E-state index contributed by atoms with van der Waals surface area (Å²) in [6.07, 6.45) is 3.61. The minimum Gasteiger partial charge on any atom is -0.340 e. The van der Waals surface area contributed by atoms with Crippen molar-refractivity contribution in [1.29, 1.82) is 0 Å². The summed E-state index contributed by atoms with van der Waals surface area (Å²) in [4.78, 5) is 18.0. The van der Waals surface area contributed by atoms with Gasteiger partial charge in [-0.2, -0.15) is 5.10 Å². The third-order valence-corrected chi connectivity index (χ3v) is 5.74. The van der Waals surface area contributed by atoms with Gasteiger partial charge in [0.25, 0.3) is 5.91 Å². The van der Waals surface area contributed by atoms with Crippen LogP contribution < -0.4 is 5.32 Å². The Morgan fingerprint density at radius 3 is 2.76 bits per heavy atom. The van der Waals surface area contributed by atoms with Gasteiger partial charge in [-0.25, -0.2) is 4.98 Å². The highest BCUT2D eigenvalue weighted by atomic mass is 16.2. The number of nitrogens with one attached hydrogen (secondary N) is 2. The Bertz CT molecular complexity index is 1170. The monoisotopic (exact) mass is 385 g/mol. The highest BCUT2D eigenvalue weighted by Gasteiger charge is 2.27. The third kappa shape index (κ3) is 3.20. The van der Waals surface area contributed by atoms with Gasteiger partial charge in [-0.3, -0.25) is 9.89 Å². The van der Waals surface area contributed by atoms with Crippen molar-refractivity contribution in [2.75, 3.05) is 0 Å². The average Bonchev–Trinajstić information content (AvgIpc) is 3.43. The first-order valence-electron chi connectivity index (χ1n) is 10.0. The number of aromatic amines is 1. The van der Waals surface area contributed by atoms with Crippen LogP contribution in [0.3, 0.4) is 0 Å². The summed E-state index contributed by atoms with van der Waals surface area (Å²) in [5.74, 6) is 0.702. The number of nitrogens with zero attached hydrogens (tertiary/aromatic N) is 3. The van der Waals surface area contributed by atoms with Crippen molar-refractivity contribution in [1.82, 2.24) is 25.1 Å². The van der Waals surface area contributed by atoms with E-state index in [0.717, 1.165) is 52.9 Å². The molecule has 0 saturated heterocycles. The number of amides is 1. The molecule has 2 aromatic heterocycles. The molecule has 1 aliphatic carbocycles. The van der Waals surface area contributed by atoms with Crippen molar-refractivity contribution < 1.29 is 4.79 Å². The van der Waals surface area contributed by atoms with Gasteiger partial charge in [0.1, 0.15) is 5.82 Å². The van der Waals surface area contributed by atoms with E-state index < -0.39 is 0 Å². The van der Waals surface area contributed by atoms with Gasteiger partial charge < -0.3 is 9.88 Å². The molecule has 2 aromatic carbocycles. The SMILES string of the molecule is Cn1c([C@H](Cc2ccccc2)NC(=O)c2n[nH]c3c2CCC3)nc2ccccc21. The van der Waals surface area contributed by atoms with Crippen LogP contribution in [-0.4, -0.2) is 25.7 Å². The second kappa shape index (κ2) is 7.20. The van der Waals surface area contributed by atoms with Gasteiger partial charge >= 0.3 is 0 Å². The number of imidazole rings is 1.